The number of esters is 1. The van der Waals surface area contributed by atoms with Crippen molar-refractivity contribution in [2.24, 2.45) is 5.92 Å². The topological polar surface area (TPSA) is 35.5 Å². The van der Waals surface area contributed by atoms with Gasteiger partial charge in [-0.25, -0.2) is 0 Å². The fourth-order valence-electron chi connectivity index (χ4n) is 2.60. The Morgan fingerprint density at radius 3 is 2.18 bits per heavy atom. The second kappa shape index (κ2) is 8.21. The molecule has 3 heteroatoms. The molecule has 0 N–H and O–H groups in total. The highest BCUT2D eigenvalue weighted by molar-refractivity contribution is 5.72. The third-order valence-electron chi connectivity index (χ3n) is 3.92. The van der Waals surface area contributed by atoms with E-state index in [4.69, 9.17) is 9.47 Å². The van der Waals surface area contributed by atoms with Gasteiger partial charge in [-0.05, 0) is 41.9 Å². The third-order valence-corrected chi connectivity index (χ3v) is 3.92. The van der Waals surface area contributed by atoms with Gasteiger partial charge in [0.1, 0.15) is 5.75 Å². The van der Waals surface area contributed by atoms with Crippen molar-refractivity contribution in [2.75, 3.05) is 13.7 Å². The second-order valence-corrected chi connectivity index (χ2v) is 6.47. The van der Waals surface area contributed by atoms with Gasteiger partial charge >= 0.3 is 5.97 Å². The summed E-state index contributed by atoms with van der Waals surface area (Å²) < 4.78 is 10.8. The van der Waals surface area contributed by atoms with Crippen molar-refractivity contribution in [1.82, 2.24) is 0 Å². The van der Waals surface area contributed by atoms with E-state index in [2.05, 4.69) is 39.8 Å². The molecule has 22 heavy (non-hydrogen) atoms. The fourth-order valence-corrected chi connectivity index (χ4v) is 2.60. The summed E-state index contributed by atoms with van der Waals surface area (Å²) in [6.45, 7) is 12.9. The van der Waals surface area contributed by atoms with E-state index in [1.165, 1.54) is 11.1 Å². The van der Waals surface area contributed by atoms with Crippen LogP contribution in [-0.2, 0) is 16.0 Å². The Morgan fingerprint density at radius 1 is 1.09 bits per heavy atom. The van der Waals surface area contributed by atoms with E-state index in [1.807, 2.05) is 13.8 Å². The molecular weight excluding hydrogens is 276 g/mol. The molecule has 0 aliphatic rings. The van der Waals surface area contributed by atoms with Crippen LogP contribution in [0.25, 0.3) is 0 Å². The number of methoxy groups -OCH3 is 1. The molecule has 0 aliphatic heterocycles. The molecule has 1 atom stereocenters. The van der Waals surface area contributed by atoms with E-state index in [0.29, 0.717) is 24.9 Å². The average molecular weight is 306 g/mol. The van der Waals surface area contributed by atoms with E-state index >= 15 is 0 Å². The third kappa shape index (κ3) is 4.49. The average Bonchev–Trinajstić information content (AvgIpc) is 2.46. The monoisotopic (exact) mass is 306 g/mol. The maximum Gasteiger partial charge on any atom is 0.308 e. The summed E-state index contributed by atoms with van der Waals surface area (Å²) in [4.78, 5) is 11.9. The smallest absolute Gasteiger partial charge is 0.308 e. The largest absolute Gasteiger partial charge is 0.496 e. The lowest BCUT2D eigenvalue weighted by molar-refractivity contribution is -0.147. The summed E-state index contributed by atoms with van der Waals surface area (Å²) in [6, 6.07) is 4.40. The highest BCUT2D eigenvalue weighted by Gasteiger charge is 2.21. The summed E-state index contributed by atoms with van der Waals surface area (Å²) in [5.41, 5.74) is 3.59. The Hall–Kier alpha value is -1.51. The Balaban J connectivity index is 3.23. The number of carbonyl (C=O) groups is 1. The van der Waals surface area contributed by atoms with Crippen molar-refractivity contribution in [1.29, 1.82) is 0 Å². The van der Waals surface area contributed by atoms with Crippen LogP contribution < -0.4 is 4.74 Å². The molecule has 0 bridgehead atoms. The first-order chi connectivity index (χ1) is 10.3. The minimum Gasteiger partial charge on any atom is -0.496 e. The Bertz CT molecular complexity index is 504. The van der Waals surface area contributed by atoms with Crippen molar-refractivity contribution < 1.29 is 14.3 Å². The first-order valence-electron chi connectivity index (χ1n) is 8.19. The van der Waals surface area contributed by atoms with Crippen LogP contribution >= 0.6 is 0 Å². The molecule has 0 saturated carbocycles. The molecule has 0 radical (unpaired) electrons. The Morgan fingerprint density at radius 2 is 1.73 bits per heavy atom. The van der Waals surface area contributed by atoms with Crippen LogP contribution in [0.5, 0.6) is 5.75 Å². The van der Waals surface area contributed by atoms with Gasteiger partial charge in [-0.3, -0.25) is 4.79 Å². The summed E-state index contributed by atoms with van der Waals surface area (Å²) >= 11 is 0. The standard InChI is InChI=1S/C19H30O3/c1-8-22-19(20)14(6)9-16-10-15(12(2)3)11-17(13(4)5)18(16)21-7/h10-14H,8-9H2,1-7H3. The van der Waals surface area contributed by atoms with E-state index in [1.54, 1.807) is 7.11 Å². The van der Waals surface area contributed by atoms with E-state index in [0.717, 1.165) is 11.3 Å². The summed E-state index contributed by atoms with van der Waals surface area (Å²) in [6.07, 6.45) is 0.641. The van der Waals surface area contributed by atoms with Gasteiger partial charge < -0.3 is 9.47 Å². The minimum atomic E-state index is -0.170. The summed E-state index contributed by atoms with van der Waals surface area (Å²) in [5.74, 6) is 1.42. The number of benzene rings is 1. The quantitative estimate of drug-likeness (QED) is 0.686. The van der Waals surface area contributed by atoms with E-state index in [-0.39, 0.29) is 11.9 Å². The zero-order valence-corrected chi connectivity index (χ0v) is 15.0. The predicted octanol–water partition coefficient (Wildman–Crippen LogP) is 4.68. The van der Waals surface area contributed by atoms with Crippen molar-refractivity contribution in [3.63, 3.8) is 0 Å². The first kappa shape index (κ1) is 18.5. The highest BCUT2D eigenvalue weighted by atomic mass is 16.5. The van der Waals surface area contributed by atoms with Crippen molar-refractivity contribution in [2.45, 2.75) is 59.8 Å². The van der Waals surface area contributed by atoms with Gasteiger partial charge in [-0.2, -0.15) is 0 Å². The van der Waals surface area contributed by atoms with E-state index in [9.17, 15) is 4.79 Å². The second-order valence-electron chi connectivity index (χ2n) is 6.47. The number of ether oxygens (including phenoxy) is 2. The number of carbonyl (C=O) groups excluding carboxylic acids is 1. The van der Waals surface area contributed by atoms with Crippen LogP contribution in [0.15, 0.2) is 12.1 Å². The van der Waals surface area contributed by atoms with Gasteiger partial charge in [-0.1, -0.05) is 46.8 Å². The van der Waals surface area contributed by atoms with Crippen LogP contribution in [0.3, 0.4) is 0 Å². The molecule has 1 unspecified atom stereocenters. The van der Waals surface area contributed by atoms with Crippen LogP contribution in [0.1, 0.15) is 70.1 Å². The molecule has 0 amide bonds. The van der Waals surface area contributed by atoms with Crippen LogP contribution in [-0.4, -0.2) is 19.7 Å². The zero-order valence-electron chi connectivity index (χ0n) is 15.0. The normalized spacial score (nSPS) is 12.6. The lowest BCUT2D eigenvalue weighted by Crippen LogP contribution is -2.17. The molecule has 0 aromatic heterocycles. The Kier molecular flexibility index (Phi) is 6.92. The lowest BCUT2D eigenvalue weighted by atomic mass is 9.89. The van der Waals surface area contributed by atoms with Gasteiger partial charge in [0, 0.05) is 0 Å². The number of rotatable bonds is 7. The van der Waals surface area contributed by atoms with Crippen LogP contribution in [0, 0.1) is 5.92 Å². The zero-order chi connectivity index (χ0) is 16.9. The molecule has 1 rings (SSSR count). The van der Waals surface area contributed by atoms with Crippen LogP contribution in [0.2, 0.25) is 0 Å². The van der Waals surface area contributed by atoms with Crippen LogP contribution in [0.4, 0.5) is 0 Å². The number of hydrogen-bond donors (Lipinski definition) is 0. The minimum absolute atomic E-state index is 0.148. The number of hydrogen-bond acceptors (Lipinski definition) is 3. The molecule has 0 fully saturated rings. The molecule has 3 nitrogen and oxygen atoms in total. The maximum atomic E-state index is 11.9. The van der Waals surface area contributed by atoms with Gasteiger partial charge in [0.05, 0.1) is 19.6 Å². The molecule has 0 saturated heterocycles. The van der Waals surface area contributed by atoms with Gasteiger partial charge in [-0.15, -0.1) is 0 Å². The molecule has 0 aliphatic carbocycles. The Labute approximate surface area is 135 Å². The predicted molar refractivity (Wildman–Crippen MR) is 90.7 cm³/mol. The highest BCUT2D eigenvalue weighted by Crippen LogP contribution is 2.35. The van der Waals surface area contributed by atoms with E-state index < -0.39 is 0 Å². The summed E-state index contributed by atoms with van der Waals surface area (Å²) in [7, 11) is 1.70. The molecule has 1 aromatic rings. The molecular formula is C19H30O3. The van der Waals surface area contributed by atoms with Crippen molar-refractivity contribution >= 4 is 5.97 Å². The molecule has 0 heterocycles. The lowest BCUT2D eigenvalue weighted by Gasteiger charge is -2.21. The van der Waals surface area contributed by atoms with Gasteiger partial charge in [0.25, 0.3) is 0 Å². The maximum absolute atomic E-state index is 11.9. The van der Waals surface area contributed by atoms with Crippen molar-refractivity contribution in [3.8, 4) is 5.75 Å². The van der Waals surface area contributed by atoms with Gasteiger partial charge in [0.15, 0.2) is 0 Å². The first-order valence-corrected chi connectivity index (χ1v) is 8.19. The molecule has 124 valence electrons. The fraction of sp³-hybridized carbons (Fsp3) is 0.632. The van der Waals surface area contributed by atoms with Crippen molar-refractivity contribution in [3.05, 3.63) is 28.8 Å². The summed E-state index contributed by atoms with van der Waals surface area (Å²) in [5, 5.41) is 0. The molecule has 1 aromatic carbocycles. The SMILES string of the molecule is CCOC(=O)C(C)Cc1cc(C(C)C)cc(C(C)C)c1OC. The molecule has 0 spiro atoms. The van der Waals surface area contributed by atoms with Gasteiger partial charge in [0.2, 0.25) is 0 Å².